The molecule has 1 rings (SSSR count). The van der Waals surface area contributed by atoms with Crippen molar-refractivity contribution in [2.24, 2.45) is 0 Å². The van der Waals surface area contributed by atoms with Crippen LogP contribution in [0, 0.1) is 6.92 Å². The van der Waals surface area contributed by atoms with Crippen LogP contribution < -0.4 is 5.32 Å². The minimum absolute atomic E-state index is 0.195. The predicted octanol–water partition coefficient (Wildman–Crippen LogP) is 0.853. The van der Waals surface area contributed by atoms with E-state index < -0.39 is 5.97 Å². The number of aromatic nitrogens is 2. The van der Waals surface area contributed by atoms with E-state index in [-0.39, 0.29) is 17.5 Å². The molecule has 0 aromatic carbocycles. The lowest BCUT2D eigenvalue weighted by Crippen LogP contribution is -2.08. The monoisotopic (exact) mass is 211 g/mol. The number of nitrogens with zero attached hydrogens (tertiary/aromatic N) is 1. The first-order valence-electron chi connectivity index (χ1n) is 4.56. The predicted molar refractivity (Wildman–Crippen MR) is 53.6 cm³/mol. The van der Waals surface area contributed by atoms with Gasteiger partial charge in [0.05, 0.1) is 6.61 Å². The molecule has 0 bridgehead atoms. The second-order valence-electron chi connectivity index (χ2n) is 2.96. The first-order chi connectivity index (χ1) is 7.04. The van der Waals surface area contributed by atoms with Crippen molar-refractivity contribution in [3.63, 3.8) is 0 Å². The van der Waals surface area contributed by atoms with Gasteiger partial charge in [-0.05, 0) is 13.8 Å². The zero-order valence-corrected chi connectivity index (χ0v) is 8.88. The Morgan fingerprint density at radius 3 is 2.73 bits per heavy atom. The van der Waals surface area contributed by atoms with E-state index in [1.54, 1.807) is 13.8 Å². The van der Waals surface area contributed by atoms with Crippen molar-refractivity contribution in [1.82, 2.24) is 9.97 Å². The van der Waals surface area contributed by atoms with Gasteiger partial charge in [0.2, 0.25) is 11.9 Å². The third-order valence-electron chi connectivity index (χ3n) is 1.65. The van der Waals surface area contributed by atoms with E-state index in [0.29, 0.717) is 12.3 Å². The van der Waals surface area contributed by atoms with Gasteiger partial charge in [0.25, 0.3) is 0 Å². The lowest BCUT2D eigenvalue weighted by atomic mass is 10.3. The number of anilines is 1. The van der Waals surface area contributed by atoms with Gasteiger partial charge in [-0.3, -0.25) is 10.1 Å². The molecule has 0 unspecified atom stereocenters. The summed E-state index contributed by atoms with van der Waals surface area (Å²) in [6, 6.07) is 0. The van der Waals surface area contributed by atoms with Crippen molar-refractivity contribution in [3.8, 4) is 0 Å². The number of aryl methyl sites for hydroxylation is 1. The van der Waals surface area contributed by atoms with E-state index in [2.05, 4.69) is 15.3 Å². The molecule has 1 heterocycles. The van der Waals surface area contributed by atoms with Crippen LogP contribution in [-0.4, -0.2) is 28.5 Å². The standard InChI is InChI=1S/C9H13N3O3/c1-4-15-8(14)7-5(2)10-9(12-7)11-6(3)13/h4H2,1-3H3,(H2,10,11,12,13). The minimum atomic E-state index is -0.497. The van der Waals surface area contributed by atoms with Crippen LogP contribution in [0.5, 0.6) is 0 Å². The molecule has 0 aliphatic rings. The number of esters is 1. The Balaban J connectivity index is 2.86. The van der Waals surface area contributed by atoms with Gasteiger partial charge < -0.3 is 9.72 Å². The number of aromatic amines is 1. The molecular formula is C9H13N3O3. The van der Waals surface area contributed by atoms with E-state index in [4.69, 9.17) is 4.74 Å². The number of H-pyrrole nitrogens is 1. The molecule has 0 aliphatic carbocycles. The highest BCUT2D eigenvalue weighted by molar-refractivity contribution is 5.91. The Labute approximate surface area is 87.0 Å². The van der Waals surface area contributed by atoms with Gasteiger partial charge in [-0.15, -0.1) is 0 Å². The van der Waals surface area contributed by atoms with Gasteiger partial charge in [-0.1, -0.05) is 0 Å². The number of imidazole rings is 1. The van der Waals surface area contributed by atoms with Crippen LogP contribution >= 0.6 is 0 Å². The summed E-state index contributed by atoms with van der Waals surface area (Å²) in [6.07, 6.45) is 0. The van der Waals surface area contributed by atoms with Crippen molar-refractivity contribution >= 4 is 17.8 Å². The smallest absolute Gasteiger partial charge is 0.358 e. The molecule has 1 aromatic heterocycles. The van der Waals surface area contributed by atoms with E-state index in [0.717, 1.165) is 0 Å². The molecule has 0 atom stereocenters. The van der Waals surface area contributed by atoms with E-state index in [1.807, 2.05) is 0 Å². The average molecular weight is 211 g/mol. The van der Waals surface area contributed by atoms with Crippen LogP contribution in [0.15, 0.2) is 0 Å². The Morgan fingerprint density at radius 1 is 1.53 bits per heavy atom. The Kier molecular flexibility index (Phi) is 3.43. The van der Waals surface area contributed by atoms with Gasteiger partial charge in [0, 0.05) is 12.6 Å². The molecular weight excluding hydrogens is 198 g/mol. The maximum Gasteiger partial charge on any atom is 0.358 e. The second kappa shape index (κ2) is 4.59. The van der Waals surface area contributed by atoms with Gasteiger partial charge in [-0.25, -0.2) is 9.78 Å². The topological polar surface area (TPSA) is 84.1 Å². The number of amides is 1. The third-order valence-corrected chi connectivity index (χ3v) is 1.65. The van der Waals surface area contributed by atoms with Crippen molar-refractivity contribution < 1.29 is 14.3 Å². The summed E-state index contributed by atoms with van der Waals surface area (Å²) in [5, 5.41) is 2.45. The van der Waals surface area contributed by atoms with Crippen molar-refractivity contribution in [2.75, 3.05) is 11.9 Å². The molecule has 0 radical (unpaired) electrons. The lowest BCUT2D eigenvalue weighted by molar-refractivity contribution is -0.114. The Hall–Kier alpha value is -1.85. The van der Waals surface area contributed by atoms with E-state index in [1.165, 1.54) is 6.92 Å². The highest BCUT2D eigenvalue weighted by Gasteiger charge is 2.15. The Bertz CT molecular complexity index is 384. The van der Waals surface area contributed by atoms with Gasteiger partial charge >= 0.3 is 5.97 Å². The second-order valence-corrected chi connectivity index (χ2v) is 2.96. The van der Waals surface area contributed by atoms with Gasteiger partial charge in [0.15, 0.2) is 5.69 Å². The quantitative estimate of drug-likeness (QED) is 0.726. The Morgan fingerprint density at radius 2 is 2.20 bits per heavy atom. The molecule has 0 aliphatic heterocycles. The van der Waals surface area contributed by atoms with Crippen LogP contribution in [-0.2, 0) is 9.53 Å². The van der Waals surface area contributed by atoms with E-state index in [9.17, 15) is 9.59 Å². The van der Waals surface area contributed by atoms with Crippen LogP contribution in [0.1, 0.15) is 30.0 Å². The van der Waals surface area contributed by atoms with Crippen LogP contribution in [0.4, 0.5) is 5.95 Å². The molecule has 15 heavy (non-hydrogen) atoms. The maximum atomic E-state index is 11.3. The highest BCUT2D eigenvalue weighted by atomic mass is 16.5. The zero-order chi connectivity index (χ0) is 11.4. The molecule has 82 valence electrons. The van der Waals surface area contributed by atoms with Crippen molar-refractivity contribution in [2.45, 2.75) is 20.8 Å². The fourth-order valence-electron chi connectivity index (χ4n) is 1.08. The fourth-order valence-corrected chi connectivity index (χ4v) is 1.08. The van der Waals surface area contributed by atoms with Crippen molar-refractivity contribution in [3.05, 3.63) is 11.4 Å². The first-order valence-corrected chi connectivity index (χ1v) is 4.56. The molecule has 6 heteroatoms. The number of carbonyl (C=O) groups is 2. The molecule has 0 saturated carbocycles. The largest absolute Gasteiger partial charge is 0.461 e. The van der Waals surface area contributed by atoms with E-state index >= 15 is 0 Å². The minimum Gasteiger partial charge on any atom is -0.461 e. The highest BCUT2D eigenvalue weighted by Crippen LogP contribution is 2.10. The number of hydrogen-bond donors (Lipinski definition) is 2. The normalized spacial score (nSPS) is 9.80. The molecule has 0 fully saturated rings. The summed E-state index contributed by atoms with van der Waals surface area (Å²) < 4.78 is 4.79. The molecule has 6 nitrogen and oxygen atoms in total. The summed E-state index contributed by atoms with van der Waals surface area (Å²) in [6.45, 7) is 5.06. The third kappa shape index (κ3) is 2.80. The van der Waals surface area contributed by atoms with Gasteiger partial charge in [-0.2, -0.15) is 0 Å². The number of hydrogen-bond acceptors (Lipinski definition) is 4. The van der Waals surface area contributed by atoms with Crippen LogP contribution in [0.25, 0.3) is 0 Å². The number of rotatable bonds is 3. The number of carbonyl (C=O) groups excluding carboxylic acids is 2. The maximum absolute atomic E-state index is 11.3. The molecule has 0 spiro atoms. The lowest BCUT2D eigenvalue weighted by Gasteiger charge is -1.97. The zero-order valence-electron chi connectivity index (χ0n) is 8.88. The summed E-state index contributed by atoms with van der Waals surface area (Å²) in [5.74, 6) is -0.495. The summed E-state index contributed by atoms with van der Waals surface area (Å²) in [4.78, 5) is 28.8. The fraction of sp³-hybridized carbons (Fsp3) is 0.444. The molecule has 0 saturated heterocycles. The van der Waals surface area contributed by atoms with Crippen LogP contribution in [0.2, 0.25) is 0 Å². The van der Waals surface area contributed by atoms with Crippen molar-refractivity contribution in [1.29, 1.82) is 0 Å². The number of nitrogens with one attached hydrogen (secondary N) is 2. The first kappa shape index (κ1) is 11.2. The summed E-state index contributed by atoms with van der Waals surface area (Å²) in [5.41, 5.74) is 0.762. The summed E-state index contributed by atoms with van der Waals surface area (Å²) >= 11 is 0. The van der Waals surface area contributed by atoms with Gasteiger partial charge in [0.1, 0.15) is 0 Å². The molecule has 1 amide bonds. The van der Waals surface area contributed by atoms with Crippen LogP contribution in [0.3, 0.4) is 0 Å². The number of ether oxygens (including phenoxy) is 1. The molecule has 1 aromatic rings. The SMILES string of the molecule is CCOC(=O)c1nc(NC(C)=O)[nH]c1C. The summed E-state index contributed by atoms with van der Waals surface area (Å²) in [7, 11) is 0. The average Bonchev–Trinajstić information content (AvgIpc) is 2.46. The molecule has 2 N–H and O–H groups in total.